The average Bonchev–Trinajstić information content (AvgIpc) is 3.17. The summed E-state index contributed by atoms with van der Waals surface area (Å²) >= 11 is 6.65. The Bertz CT molecular complexity index is 850. The van der Waals surface area contributed by atoms with Crippen molar-refractivity contribution < 1.29 is 14.0 Å². The van der Waals surface area contributed by atoms with E-state index in [1.54, 1.807) is 17.1 Å². The molecule has 9 heteroatoms. The smallest absolute Gasteiger partial charge is 0.455 e. The summed E-state index contributed by atoms with van der Waals surface area (Å²) in [5, 5.41) is 7.15. The van der Waals surface area contributed by atoms with Crippen LogP contribution < -0.4 is 11.3 Å². The lowest BCUT2D eigenvalue weighted by Crippen LogP contribution is -2.41. The van der Waals surface area contributed by atoms with Crippen LogP contribution in [0.1, 0.15) is 34.0 Å². The van der Waals surface area contributed by atoms with E-state index in [-0.39, 0.29) is 0 Å². The first-order chi connectivity index (χ1) is 11.7. The molecule has 0 bridgehead atoms. The summed E-state index contributed by atoms with van der Waals surface area (Å²) in [5.74, 6) is 5.88. The fourth-order valence-electron chi connectivity index (χ4n) is 2.94. The molecule has 0 radical (unpaired) electrons. The van der Waals surface area contributed by atoms with Crippen molar-refractivity contribution in [1.29, 1.82) is 0 Å². The molecule has 1 saturated heterocycles. The number of ether oxygens (including phenoxy) is 1. The summed E-state index contributed by atoms with van der Waals surface area (Å²) in [6.45, 7) is 8.05. The topological polar surface area (TPSA) is 74.8 Å². The Morgan fingerprint density at radius 1 is 1.20 bits per heavy atom. The molecular weight excluding hydrogens is 342 g/mol. The first-order valence-electron chi connectivity index (χ1n) is 8.08. The molecule has 0 amide bonds. The van der Waals surface area contributed by atoms with E-state index in [1.807, 2.05) is 39.8 Å². The molecule has 1 atom stereocenters. The van der Waals surface area contributed by atoms with Gasteiger partial charge in [-0.15, -0.1) is 0 Å². The third-order valence-electron chi connectivity index (χ3n) is 5.15. The van der Waals surface area contributed by atoms with Crippen LogP contribution in [0.15, 0.2) is 30.8 Å². The number of fused-ring (bicyclic) bond motifs is 1. The Hall–Kier alpha value is -1.74. The Kier molecular flexibility index (Phi) is 3.60. The van der Waals surface area contributed by atoms with Crippen molar-refractivity contribution in [3.8, 4) is 0 Å². The molecule has 2 aliphatic rings. The number of hydrazine groups is 1. The maximum absolute atomic E-state index is 6.65. The lowest BCUT2D eigenvalue weighted by atomic mass is 9.78. The zero-order chi connectivity index (χ0) is 18.0. The Labute approximate surface area is 151 Å². The maximum Gasteiger partial charge on any atom is 0.496 e. The second-order valence-corrected chi connectivity index (χ2v) is 7.65. The number of benzene rings is 1. The highest BCUT2D eigenvalue weighted by atomic mass is 35.5. The van der Waals surface area contributed by atoms with Crippen molar-refractivity contribution in [2.75, 3.05) is 0 Å². The van der Waals surface area contributed by atoms with Crippen molar-refractivity contribution in [3.05, 3.63) is 35.8 Å². The van der Waals surface area contributed by atoms with Crippen LogP contribution in [0.5, 0.6) is 0 Å². The Morgan fingerprint density at radius 2 is 1.88 bits per heavy atom. The largest absolute Gasteiger partial charge is 0.496 e. The molecule has 3 heterocycles. The normalized spacial score (nSPS) is 24.3. The summed E-state index contributed by atoms with van der Waals surface area (Å²) in [6.07, 6.45) is 4.33. The summed E-state index contributed by atoms with van der Waals surface area (Å²) in [5.41, 5.74) is 0.740. The quantitative estimate of drug-likeness (QED) is 0.651. The van der Waals surface area contributed by atoms with Gasteiger partial charge in [0.15, 0.2) is 0 Å². The van der Waals surface area contributed by atoms with Gasteiger partial charge in [-0.25, -0.2) is 10.5 Å². The van der Waals surface area contributed by atoms with E-state index >= 15 is 0 Å². The van der Waals surface area contributed by atoms with E-state index in [1.165, 1.54) is 11.3 Å². The van der Waals surface area contributed by atoms with Gasteiger partial charge in [-0.2, -0.15) is 5.10 Å². The van der Waals surface area contributed by atoms with E-state index < -0.39 is 24.7 Å². The lowest BCUT2D eigenvalue weighted by molar-refractivity contribution is -0.0128. The van der Waals surface area contributed by atoms with Gasteiger partial charge in [0.05, 0.1) is 34.1 Å². The van der Waals surface area contributed by atoms with Crippen LogP contribution in [0.2, 0.25) is 5.02 Å². The second kappa shape index (κ2) is 5.38. The summed E-state index contributed by atoms with van der Waals surface area (Å²) in [7, 11) is -0.527. The molecule has 2 aromatic rings. The lowest BCUT2D eigenvalue weighted by Gasteiger charge is -2.32. The molecule has 4 rings (SSSR count). The van der Waals surface area contributed by atoms with Crippen molar-refractivity contribution in [1.82, 2.24) is 14.8 Å². The van der Waals surface area contributed by atoms with Gasteiger partial charge >= 0.3 is 7.12 Å². The van der Waals surface area contributed by atoms with E-state index in [0.29, 0.717) is 5.02 Å². The van der Waals surface area contributed by atoms with E-state index in [0.717, 1.165) is 16.4 Å². The zero-order valence-corrected chi connectivity index (χ0v) is 15.3. The minimum atomic E-state index is -0.531. The van der Waals surface area contributed by atoms with E-state index in [2.05, 4.69) is 5.10 Å². The van der Waals surface area contributed by atoms with Crippen molar-refractivity contribution in [2.45, 2.75) is 45.2 Å². The summed E-state index contributed by atoms with van der Waals surface area (Å²) < 4.78 is 19.4. The fraction of sp³-hybridized carbons (Fsp3) is 0.438. The fourth-order valence-corrected chi connectivity index (χ4v) is 3.23. The molecule has 0 saturated carbocycles. The van der Waals surface area contributed by atoms with E-state index in [4.69, 9.17) is 31.5 Å². The molecule has 1 aromatic heterocycles. The molecule has 1 fully saturated rings. The van der Waals surface area contributed by atoms with Crippen LogP contribution in [0.25, 0.3) is 10.9 Å². The SMILES string of the molecule is CC1(C)OB(c2ccc3c(cnn3C3OC=CN3N)c2Cl)OC1(C)C. The number of aromatic nitrogens is 2. The number of rotatable bonds is 2. The predicted molar refractivity (Wildman–Crippen MR) is 95.7 cm³/mol. The maximum atomic E-state index is 6.65. The minimum Gasteiger partial charge on any atom is -0.455 e. The van der Waals surface area contributed by atoms with Crippen molar-refractivity contribution >= 4 is 35.1 Å². The van der Waals surface area contributed by atoms with Crippen molar-refractivity contribution in [2.24, 2.45) is 5.84 Å². The highest BCUT2D eigenvalue weighted by Gasteiger charge is 2.52. The first-order valence-corrected chi connectivity index (χ1v) is 8.45. The Morgan fingerprint density at radius 3 is 2.48 bits per heavy atom. The number of halogens is 1. The van der Waals surface area contributed by atoms with E-state index in [9.17, 15) is 0 Å². The van der Waals surface area contributed by atoms with Crippen LogP contribution >= 0.6 is 11.6 Å². The van der Waals surface area contributed by atoms with Crippen LogP contribution in [0, 0.1) is 0 Å². The molecule has 0 aliphatic carbocycles. The number of nitrogens with zero attached hydrogens (tertiary/aromatic N) is 3. The van der Waals surface area contributed by atoms with Crippen LogP contribution in [0.4, 0.5) is 0 Å². The van der Waals surface area contributed by atoms with Gasteiger partial charge in [0.25, 0.3) is 6.35 Å². The van der Waals surface area contributed by atoms with Gasteiger partial charge in [0.2, 0.25) is 0 Å². The minimum absolute atomic E-state index is 0.427. The molecule has 0 spiro atoms. The summed E-state index contributed by atoms with van der Waals surface area (Å²) in [4.78, 5) is 0. The number of nitrogens with two attached hydrogens (primary N) is 1. The molecular formula is C16H20BClN4O3. The molecule has 2 aliphatic heterocycles. The number of hydrogen-bond donors (Lipinski definition) is 1. The third kappa shape index (κ3) is 2.44. The zero-order valence-electron chi connectivity index (χ0n) is 14.6. The average molecular weight is 363 g/mol. The highest BCUT2D eigenvalue weighted by Crippen LogP contribution is 2.37. The van der Waals surface area contributed by atoms with Crippen molar-refractivity contribution in [3.63, 3.8) is 0 Å². The number of hydrogen-bond acceptors (Lipinski definition) is 6. The predicted octanol–water partition coefficient (Wildman–Crippen LogP) is 2.12. The van der Waals surface area contributed by atoms with Gasteiger partial charge in [-0.1, -0.05) is 17.7 Å². The standard InChI is InChI=1S/C16H20BClN4O3/c1-15(2)16(3,4)25-17(24-15)11-5-6-12-10(13(11)18)9-20-22(12)14-21(19)7-8-23-14/h5-9,14H,19H2,1-4H3. The molecule has 1 aromatic carbocycles. The molecule has 7 nitrogen and oxygen atoms in total. The first kappa shape index (κ1) is 16.7. The Balaban J connectivity index is 1.73. The summed E-state index contributed by atoms with van der Waals surface area (Å²) in [6, 6.07) is 3.82. The highest BCUT2D eigenvalue weighted by molar-refractivity contribution is 6.66. The van der Waals surface area contributed by atoms with Gasteiger partial charge < -0.3 is 14.0 Å². The van der Waals surface area contributed by atoms with Gasteiger partial charge in [-0.05, 0) is 33.8 Å². The molecule has 2 N–H and O–H groups in total. The molecule has 132 valence electrons. The van der Waals surface area contributed by atoms with Crippen LogP contribution in [-0.4, -0.2) is 33.1 Å². The van der Waals surface area contributed by atoms with Crippen LogP contribution in [-0.2, 0) is 14.0 Å². The van der Waals surface area contributed by atoms with Gasteiger partial charge in [0, 0.05) is 10.8 Å². The third-order valence-corrected chi connectivity index (χ3v) is 5.57. The monoisotopic (exact) mass is 362 g/mol. The van der Waals surface area contributed by atoms with Gasteiger partial charge in [-0.3, -0.25) is 5.01 Å². The molecule has 25 heavy (non-hydrogen) atoms. The van der Waals surface area contributed by atoms with Crippen LogP contribution in [0.3, 0.4) is 0 Å². The van der Waals surface area contributed by atoms with Gasteiger partial charge in [0.1, 0.15) is 6.26 Å². The second-order valence-electron chi connectivity index (χ2n) is 7.27. The molecule has 1 unspecified atom stereocenters.